The van der Waals surface area contributed by atoms with Crippen molar-refractivity contribution in [2.45, 2.75) is 38.1 Å². The number of aliphatic hydroxyl groups excluding tert-OH is 1. The minimum atomic E-state index is -0.837. The molecule has 1 amide bonds. The first-order chi connectivity index (χ1) is 10.1. The van der Waals surface area contributed by atoms with Crippen LogP contribution in [0.25, 0.3) is 0 Å². The Labute approximate surface area is 124 Å². The fourth-order valence-electron chi connectivity index (χ4n) is 4.44. The summed E-state index contributed by atoms with van der Waals surface area (Å²) in [7, 11) is 0. The second-order valence-electron chi connectivity index (χ2n) is 6.53. The van der Waals surface area contributed by atoms with Gasteiger partial charge in [-0.2, -0.15) is 0 Å². The highest BCUT2D eigenvalue weighted by molar-refractivity contribution is 5.87. The number of hydrogen-bond donors (Lipinski definition) is 2. The van der Waals surface area contributed by atoms with Gasteiger partial charge in [-0.15, -0.1) is 0 Å². The van der Waals surface area contributed by atoms with Gasteiger partial charge in [0.1, 0.15) is 0 Å². The maximum atomic E-state index is 12.9. The van der Waals surface area contributed by atoms with Gasteiger partial charge in [0.2, 0.25) is 5.91 Å². The van der Waals surface area contributed by atoms with E-state index in [0.717, 1.165) is 32.2 Å². The first kappa shape index (κ1) is 14.6. The van der Waals surface area contributed by atoms with Gasteiger partial charge < -0.3 is 15.1 Å². The lowest BCUT2D eigenvalue weighted by molar-refractivity contribution is -0.151. The number of rotatable bonds is 5. The zero-order chi connectivity index (χ0) is 15.0. The van der Waals surface area contributed by atoms with Gasteiger partial charge >= 0.3 is 5.97 Å². The molecule has 1 saturated carbocycles. The van der Waals surface area contributed by atoms with Gasteiger partial charge in [-0.25, -0.2) is 0 Å². The molecule has 1 saturated heterocycles. The van der Waals surface area contributed by atoms with Crippen LogP contribution in [0.4, 0.5) is 0 Å². The summed E-state index contributed by atoms with van der Waals surface area (Å²) in [5, 5.41) is 18.4. The summed E-state index contributed by atoms with van der Waals surface area (Å²) >= 11 is 0. The number of carbonyl (C=O) groups is 2. The highest BCUT2D eigenvalue weighted by Crippen LogP contribution is 2.49. The Morgan fingerprint density at radius 2 is 1.90 bits per heavy atom. The van der Waals surface area contributed by atoms with Gasteiger partial charge in [0.05, 0.1) is 11.8 Å². The van der Waals surface area contributed by atoms with Gasteiger partial charge in [-0.3, -0.25) is 9.59 Å². The molecule has 1 heterocycles. The predicted molar refractivity (Wildman–Crippen MR) is 76.4 cm³/mol. The van der Waals surface area contributed by atoms with Crippen molar-refractivity contribution in [2.75, 3.05) is 13.2 Å². The summed E-state index contributed by atoms with van der Waals surface area (Å²) in [4.78, 5) is 26.3. The summed E-state index contributed by atoms with van der Waals surface area (Å²) in [6.45, 7) is 0.881. The Balaban J connectivity index is 1.75. The van der Waals surface area contributed by atoms with E-state index in [4.69, 9.17) is 5.11 Å². The van der Waals surface area contributed by atoms with E-state index in [0.29, 0.717) is 6.42 Å². The lowest BCUT2D eigenvalue weighted by atomic mass is 9.82. The summed E-state index contributed by atoms with van der Waals surface area (Å²) in [6, 6.07) is 0.183. The third kappa shape index (κ3) is 2.48. The van der Waals surface area contributed by atoms with Crippen LogP contribution in [-0.4, -0.2) is 46.2 Å². The van der Waals surface area contributed by atoms with E-state index in [1.807, 2.05) is 17.1 Å². The fraction of sp³-hybridized carbons (Fsp3) is 0.750. The van der Waals surface area contributed by atoms with Gasteiger partial charge in [0, 0.05) is 19.2 Å². The molecule has 0 radical (unpaired) electrons. The number of carboxylic acids is 1. The van der Waals surface area contributed by atoms with Crippen molar-refractivity contribution >= 4 is 11.9 Å². The first-order valence-electron chi connectivity index (χ1n) is 7.96. The van der Waals surface area contributed by atoms with Gasteiger partial charge in [0.15, 0.2) is 0 Å². The van der Waals surface area contributed by atoms with Crippen LogP contribution in [0.5, 0.6) is 0 Å². The molecule has 0 aromatic carbocycles. The molecule has 0 spiro atoms. The average molecular weight is 293 g/mol. The van der Waals surface area contributed by atoms with Gasteiger partial charge in [0.25, 0.3) is 0 Å². The van der Waals surface area contributed by atoms with Crippen LogP contribution in [0.1, 0.15) is 32.1 Å². The topological polar surface area (TPSA) is 77.8 Å². The van der Waals surface area contributed by atoms with Crippen LogP contribution in [0.3, 0.4) is 0 Å². The molecule has 21 heavy (non-hydrogen) atoms. The number of fused-ring (bicyclic) bond motifs is 2. The van der Waals surface area contributed by atoms with E-state index in [9.17, 15) is 14.7 Å². The standard InChI is InChI=1S/C16H23NO4/c18-8-2-4-12-3-1-7-17(12)15(19)13-10-5-6-11(9-10)14(13)16(20)21/h5-6,10-14,18H,1-4,7-9H2,(H,20,21)/t10?,11?,12?,13-,14+/m0/s1. The molecule has 5 nitrogen and oxygen atoms in total. The molecule has 2 N–H and O–H groups in total. The first-order valence-corrected chi connectivity index (χ1v) is 7.96. The van der Waals surface area contributed by atoms with E-state index >= 15 is 0 Å². The normalized spacial score (nSPS) is 37.4. The number of carboxylic acid groups (broad SMARTS) is 1. The van der Waals surface area contributed by atoms with Crippen molar-refractivity contribution in [3.63, 3.8) is 0 Å². The van der Waals surface area contributed by atoms with Crippen LogP contribution < -0.4 is 0 Å². The van der Waals surface area contributed by atoms with Crippen LogP contribution in [0, 0.1) is 23.7 Å². The molecular formula is C16H23NO4. The molecule has 3 rings (SSSR count). The van der Waals surface area contributed by atoms with Crippen molar-refractivity contribution in [1.82, 2.24) is 4.90 Å². The van der Waals surface area contributed by atoms with E-state index in [1.54, 1.807) is 0 Å². The van der Waals surface area contributed by atoms with E-state index in [-0.39, 0.29) is 36.3 Å². The Morgan fingerprint density at radius 3 is 2.57 bits per heavy atom. The van der Waals surface area contributed by atoms with Gasteiger partial charge in [-0.05, 0) is 43.9 Å². The quantitative estimate of drug-likeness (QED) is 0.748. The zero-order valence-corrected chi connectivity index (χ0v) is 12.1. The van der Waals surface area contributed by atoms with Crippen molar-refractivity contribution < 1.29 is 19.8 Å². The minimum absolute atomic E-state index is 0.0275. The number of likely N-dealkylation sites (tertiary alicyclic amines) is 1. The third-order valence-corrected chi connectivity index (χ3v) is 5.39. The smallest absolute Gasteiger partial charge is 0.307 e. The number of amides is 1. The molecule has 116 valence electrons. The van der Waals surface area contributed by atoms with Crippen molar-refractivity contribution in [2.24, 2.45) is 23.7 Å². The van der Waals surface area contributed by atoms with Gasteiger partial charge in [-0.1, -0.05) is 12.2 Å². The van der Waals surface area contributed by atoms with Crippen LogP contribution in [-0.2, 0) is 9.59 Å². The molecule has 2 aliphatic carbocycles. The average Bonchev–Trinajstić information content (AvgIpc) is 3.18. The molecule has 5 atom stereocenters. The van der Waals surface area contributed by atoms with E-state index < -0.39 is 11.9 Å². The summed E-state index contributed by atoms with van der Waals surface area (Å²) in [5.41, 5.74) is 0. The maximum Gasteiger partial charge on any atom is 0.307 e. The third-order valence-electron chi connectivity index (χ3n) is 5.39. The number of hydrogen-bond acceptors (Lipinski definition) is 3. The number of aliphatic hydroxyl groups is 1. The Kier molecular flexibility index (Phi) is 4.02. The zero-order valence-electron chi connectivity index (χ0n) is 12.1. The molecule has 1 aliphatic heterocycles. The van der Waals surface area contributed by atoms with Crippen molar-refractivity contribution in [3.8, 4) is 0 Å². The van der Waals surface area contributed by atoms with Crippen molar-refractivity contribution in [3.05, 3.63) is 12.2 Å². The second kappa shape index (κ2) is 5.79. The molecule has 3 unspecified atom stereocenters. The van der Waals surface area contributed by atoms with Crippen LogP contribution >= 0.6 is 0 Å². The number of carbonyl (C=O) groups excluding carboxylic acids is 1. The Hall–Kier alpha value is -1.36. The molecule has 3 aliphatic rings. The summed E-state index contributed by atoms with van der Waals surface area (Å²) < 4.78 is 0. The minimum Gasteiger partial charge on any atom is -0.481 e. The Bertz CT molecular complexity index is 461. The maximum absolute atomic E-state index is 12.9. The SMILES string of the molecule is O=C(O)[C@@H]1C2C=CC(C2)[C@@H]1C(=O)N1CCCC1CCCO. The summed E-state index contributed by atoms with van der Waals surface area (Å²) in [5.74, 6) is -1.61. The monoisotopic (exact) mass is 293 g/mol. The van der Waals surface area contributed by atoms with E-state index in [2.05, 4.69) is 0 Å². The lowest BCUT2D eigenvalue weighted by Crippen LogP contribution is -2.45. The van der Waals surface area contributed by atoms with Crippen LogP contribution in [0.2, 0.25) is 0 Å². The molecule has 2 fully saturated rings. The second-order valence-corrected chi connectivity index (χ2v) is 6.53. The molecule has 5 heteroatoms. The lowest BCUT2D eigenvalue weighted by Gasteiger charge is -2.32. The predicted octanol–water partition coefficient (Wildman–Crippen LogP) is 1.27. The highest BCUT2D eigenvalue weighted by atomic mass is 16.4. The van der Waals surface area contributed by atoms with Crippen LogP contribution in [0.15, 0.2) is 12.2 Å². The van der Waals surface area contributed by atoms with Crippen molar-refractivity contribution in [1.29, 1.82) is 0 Å². The number of aliphatic carboxylic acids is 1. The largest absolute Gasteiger partial charge is 0.481 e. The number of allylic oxidation sites excluding steroid dienone is 2. The number of nitrogens with zero attached hydrogens (tertiary/aromatic N) is 1. The molecular weight excluding hydrogens is 270 g/mol. The molecule has 0 aromatic heterocycles. The van der Waals surface area contributed by atoms with E-state index in [1.165, 1.54) is 0 Å². The highest BCUT2D eigenvalue weighted by Gasteiger charge is 2.53. The Morgan fingerprint density at radius 1 is 1.19 bits per heavy atom. The molecule has 2 bridgehead atoms. The summed E-state index contributed by atoms with van der Waals surface area (Å²) in [6.07, 6.45) is 8.29. The molecule has 0 aromatic rings. The fourth-order valence-corrected chi connectivity index (χ4v) is 4.44.